The molecule has 0 aliphatic heterocycles. The van der Waals surface area contributed by atoms with Gasteiger partial charge >= 0.3 is 0 Å². The van der Waals surface area contributed by atoms with Gasteiger partial charge in [-0.25, -0.2) is 4.98 Å². The molecule has 80 valence electrons. The topological polar surface area (TPSA) is 46.8 Å². The fourth-order valence-electron chi connectivity index (χ4n) is 1.49. The molecule has 0 aromatic carbocycles. The normalized spacial score (nSPS) is 10.9. The van der Waals surface area contributed by atoms with Crippen molar-refractivity contribution in [2.75, 3.05) is 13.7 Å². The molecule has 0 saturated heterocycles. The van der Waals surface area contributed by atoms with Crippen molar-refractivity contribution < 1.29 is 9.84 Å². The van der Waals surface area contributed by atoms with E-state index in [1.165, 1.54) is 0 Å². The summed E-state index contributed by atoms with van der Waals surface area (Å²) in [5, 5.41) is 8.90. The number of ether oxygens (including phenoxy) is 1. The van der Waals surface area contributed by atoms with E-state index < -0.39 is 0 Å². The maximum absolute atomic E-state index is 8.90. The van der Waals surface area contributed by atoms with Crippen LogP contribution in [0.1, 0.15) is 5.82 Å². The molecular weight excluding hydrogens is 260 g/mol. The summed E-state index contributed by atoms with van der Waals surface area (Å²) in [6, 6.07) is 3.76. The molecule has 2 rings (SSSR count). The van der Waals surface area contributed by atoms with E-state index in [4.69, 9.17) is 9.84 Å². The zero-order valence-corrected chi connectivity index (χ0v) is 9.86. The zero-order valence-electron chi connectivity index (χ0n) is 8.27. The molecular formula is C10H11BrN2O2. The fraction of sp³-hybridized carbons (Fsp3) is 0.300. The Hall–Kier alpha value is -1.07. The third-order valence-electron chi connectivity index (χ3n) is 2.21. The number of fused-ring (bicyclic) bond motifs is 1. The van der Waals surface area contributed by atoms with E-state index in [-0.39, 0.29) is 6.61 Å². The molecule has 0 aliphatic rings. The number of halogens is 1. The van der Waals surface area contributed by atoms with Crippen LogP contribution in [0.2, 0.25) is 0 Å². The van der Waals surface area contributed by atoms with Crippen LogP contribution in [-0.4, -0.2) is 28.2 Å². The van der Waals surface area contributed by atoms with Gasteiger partial charge in [-0.3, -0.25) is 0 Å². The Morgan fingerprint density at radius 2 is 2.40 bits per heavy atom. The van der Waals surface area contributed by atoms with Gasteiger partial charge in [0.15, 0.2) is 0 Å². The Balaban J connectivity index is 2.59. The van der Waals surface area contributed by atoms with Crippen molar-refractivity contribution in [2.24, 2.45) is 0 Å². The minimum atomic E-state index is 0.0948. The van der Waals surface area contributed by atoms with Gasteiger partial charge in [0.25, 0.3) is 0 Å². The molecule has 15 heavy (non-hydrogen) atoms. The number of pyridine rings is 1. The van der Waals surface area contributed by atoms with Crippen molar-refractivity contribution in [1.29, 1.82) is 0 Å². The Kier molecular flexibility index (Phi) is 2.93. The lowest BCUT2D eigenvalue weighted by molar-refractivity contribution is 0.296. The highest BCUT2D eigenvalue weighted by molar-refractivity contribution is 9.10. The molecule has 0 radical (unpaired) electrons. The van der Waals surface area contributed by atoms with Gasteiger partial charge in [0, 0.05) is 18.7 Å². The van der Waals surface area contributed by atoms with E-state index in [9.17, 15) is 0 Å². The third-order valence-corrected chi connectivity index (χ3v) is 2.80. The molecule has 0 atom stereocenters. The van der Waals surface area contributed by atoms with Crippen LogP contribution < -0.4 is 4.74 Å². The highest BCUT2D eigenvalue weighted by Crippen LogP contribution is 2.23. The lowest BCUT2D eigenvalue weighted by Crippen LogP contribution is -1.98. The second kappa shape index (κ2) is 4.20. The molecule has 0 saturated carbocycles. The van der Waals surface area contributed by atoms with Crippen LogP contribution in [0.25, 0.3) is 5.52 Å². The molecule has 0 bridgehead atoms. The molecule has 2 aromatic heterocycles. The van der Waals surface area contributed by atoms with Gasteiger partial charge in [-0.15, -0.1) is 0 Å². The quantitative estimate of drug-likeness (QED) is 0.923. The molecule has 1 N–H and O–H groups in total. The predicted octanol–water partition coefficient (Wildman–Crippen LogP) is 1.64. The smallest absolute Gasteiger partial charge is 0.132 e. The molecule has 0 spiro atoms. The predicted molar refractivity (Wildman–Crippen MR) is 60.2 cm³/mol. The SMILES string of the molecule is COc1ccn2c(CCO)nc(Br)c2c1. The first-order valence-corrected chi connectivity index (χ1v) is 5.37. The van der Waals surface area contributed by atoms with Gasteiger partial charge in [0.1, 0.15) is 16.2 Å². The molecule has 4 nitrogen and oxygen atoms in total. The molecule has 5 heteroatoms. The van der Waals surface area contributed by atoms with E-state index in [0.29, 0.717) is 6.42 Å². The van der Waals surface area contributed by atoms with Crippen molar-refractivity contribution >= 4 is 21.4 Å². The van der Waals surface area contributed by atoms with Crippen molar-refractivity contribution in [3.8, 4) is 5.75 Å². The number of methoxy groups -OCH3 is 1. The van der Waals surface area contributed by atoms with Crippen molar-refractivity contribution in [3.63, 3.8) is 0 Å². The summed E-state index contributed by atoms with van der Waals surface area (Å²) in [7, 11) is 1.63. The van der Waals surface area contributed by atoms with Crippen molar-refractivity contribution in [3.05, 3.63) is 28.8 Å². The van der Waals surface area contributed by atoms with Crippen LogP contribution in [-0.2, 0) is 6.42 Å². The summed E-state index contributed by atoms with van der Waals surface area (Å²) in [6.45, 7) is 0.0948. The van der Waals surface area contributed by atoms with E-state index >= 15 is 0 Å². The highest BCUT2D eigenvalue weighted by Gasteiger charge is 2.08. The number of nitrogens with zero attached hydrogens (tertiary/aromatic N) is 2. The summed E-state index contributed by atoms with van der Waals surface area (Å²) in [5.41, 5.74) is 0.942. The molecule has 2 heterocycles. The lowest BCUT2D eigenvalue weighted by atomic mass is 10.4. The van der Waals surface area contributed by atoms with E-state index in [1.807, 2.05) is 22.7 Å². The third kappa shape index (κ3) is 1.85. The minimum Gasteiger partial charge on any atom is -0.497 e. The minimum absolute atomic E-state index is 0.0948. The Morgan fingerprint density at radius 3 is 3.07 bits per heavy atom. The fourth-order valence-corrected chi connectivity index (χ4v) is 2.00. The second-order valence-electron chi connectivity index (χ2n) is 3.11. The largest absolute Gasteiger partial charge is 0.497 e. The van der Waals surface area contributed by atoms with E-state index in [0.717, 1.165) is 21.7 Å². The number of aromatic nitrogens is 2. The van der Waals surface area contributed by atoms with Crippen LogP contribution in [0, 0.1) is 0 Å². The summed E-state index contributed by atoms with van der Waals surface area (Å²) < 4.78 is 7.84. The summed E-state index contributed by atoms with van der Waals surface area (Å²) in [5.74, 6) is 1.63. The average Bonchev–Trinajstić information content (AvgIpc) is 2.56. The second-order valence-corrected chi connectivity index (χ2v) is 3.87. The zero-order chi connectivity index (χ0) is 10.8. The summed E-state index contributed by atoms with van der Waals surface area (Å²) >= 11 is 3.38. The lowest BCUT2D eigenvalue weighted by Gasteiger charge is -2.02. The average molecular weight is 271 g/mol. The first-order valence-electron chi connectivity index (χ1n) is 4.57. The van der Waals surface area contributed by atoms with E-state index in [2.05, 4.69) is 20.9 Å². The number of aliphatic hydroxyl groups excluding tert-OH is 1. The summed E-state index contributed by atoms with van der Waals surface area (Å²) in [4.78, 5) is 4.32. The van der Waals surface area contributed by atoms with Crippen molar-refractivity contribution in [1.82, 2.24) is 9.38 Å². The number of aliphatic hydroxyl groups is 1. The van der Waals surface area contributed by atoms with E-state index in [1.54, 1.807) is 7.11 Å². The highest BCUT2D eigenvalue weighted by atomic mass is 79.9. The van der Waals surface area contributed by atoms with Gasteiger partial charge in [0.05, 0.1) is 19.2 Å². The summed E-state index contributed by atoms with van der Waals surface area (Å²) in [6.07, 6.45) is 2.43. The number of imidazole rings is 1. The van der Waals surface area contributed by atoms with Gasteiger partial charge < -0.3 is 14.2 Å². The van der Waals surface area contributed by atoms with Gasteiger partial charge in [-0.05, 0) is 22.0 Å². The molecule has 0 unspecified atom stereocenters. The maximum atomic E-state index is 8.90. The Morgan fingerprint density at radius 1 is 1.60 bits per heavy atom. The van der Waals surface area contributed by atoms with Crippen molar-refractivity contribution in [2.45, 2.75) is 6.42 Å². The maximum Gasteiger partial charge on any atom is 0.132 e. The Bertz CT molecular complexity index is 481. The van der Waals surface area contributed by atoms with Crippen LogP contribution in [0.4, 0.5) is 0 Å². The monoisotopic (exact) mass is 270 g/mol. The number of hydrogen-bond donors (Lipinski definition) is 1. The molecule has 2 aromatic rings. The number of hydrogen-bond acceptors (Lipinski definition) is 3. The van der Waals surface area contributed by atoms with Gasteiger partial charge in [0.2, 0.25) is 0 Å². The number of rotatable bonds is 3. The van der Waals surface area contributed by atoms with Crippen LogP contribution >= 0.6 is 15.9 Å². The molecule has 0 aliphatic carbocycles. The van der Waals surface area contributed by atoms with Gasteiger partial charge in [-0.1, -0.05) is 0 Å². The van der Waals surface area contributed by atoms with Crippen LogP contribution in [0.5, 0.6) is 5.75 Å². The first kappa shape index (κ1) is 10.4. The standard InChI is InChI=1S/C10H11BrN2O2/c1-15-7-2-4-13-8(6-7)10(11)12-9(13)3-5-14/h2,4,6,14H,3,5H2,1H3. The Labute approximate surface area is 95.6 Å². The molecule has 0 amide bonds. The van der Waals surface area contributed by atoms with Crippen LogP contribution in [0.15, 0.2) is 22.9 Å². The van der Waals surface area contributed by atoms with Gasteiger partial charge in [-0.2, -0.15) is 0 Å². The molecule has 0 fully saturated rings. The van der Waals surface area contributed by atoms with Crippen LogP contribution in [0.3, 0.4) is 0 Å². The first-order chi connectivity index (χ1) is 7.26.